The third-order valence-electron chi connectivity index (χ3n) is 7.91. The van der Waals surface area contributed by atoms with Crippen molar-refractivity contribution in [3.05, 3.63) is 124 Å². The molecule has 0 spiro atoms. The Morgan fingerprint density at radius 3 is 2.06 bits per heavy atom. The summed E-state index contributed by atoms with van der Waals surface area (Å²) >= 11 is 14.7. The number of nitrogens with one attached hydrogen (secondary N) is 1. The topological polar surface area (TPSA) is 86.8 Å². The zero-order chi connectivity index (χ0) is 34.1. The van der Waals surface area contributed by atoms with Gasteiger partial charge in [-0.3, -0.25) is 13.9 Å². The molecule has 0 radical (unpaired) electrons. The maximum atomic E-state index is 14.6. The van der Waals surface area contributed by atoms with Gasteiger partial charge in [0.15, 0.2) is 0 Å². The van der Waals surface area contributed by atoms with Crippen molar-refractivity contribution in [2.75, 3.05) is 17.1 Å². The van der Waals surface area contributed by atoms with Gasteiger partial charge in [-0.1, -0.05) is 84.2 Å². The Kier molecular flexibility index (Phi) is 12.8. The Bertz CT molecular complexity index is 1750. The van der Waals surface area contributed by atoms with Gasteiger partial charge in [0.05, 0.1) is 10.6 Å². The van der Waals surface area contributed by atoms with Gasteiger partial charge in [-0.25, -0.2) is 8.42 Å². The van der Waals surface area contributed by atoms with E-state index in [2.05, 4.69) is 5.32 Å². The molecule has 4 rings (SSSR count). The number of carbonyl (C=O) groups excluding carboxylic acids is 2. The van der Waals surface area contributed by atoms with E-state index in [9.17, 15) is 18.0 Å². The fourth-order valence-electron chi connectivity index (χ4n) is 4.96. The highest BCUT2D eigenvalue weighted by molar-refractivity contribution is 7.98. The number of nitrogens with zero attached hydrogens (tertiary/aromatic N) is 2. The van der Waals surface area contributed by atoms with Gasteiger partial charge in [-0.15, -0.1) is 11.8 Å². The standard InChI is InChI=1S/C36H39Cl2N3O4S2/c1-5-26(3)39-36(43)34(22-27-10-7-6-8-11-27)40(23-31-32(37)12-9-13-33(31)38)35(42)24-41(28-16-14-25(2)15-17-28)47(44,45)30-20-18-29(46-4)19-21-30/h6-21,26,34H,5,22-24H2,1-4H3,(H,39,43)/t26-,34+/m1/s1. The first kappa shape index (κ1) is 36.3. The highest BCUT2D eigenvalue weighted by atomic mass is 35.5. The summed E-state index contributed by atoms with van der Waals surface area (Å²) in [4.78, 5) is 31.0. The van der Waals surface area contributed by atoms with Gasteiger partial charge in [0, 0.05) is 39.5 Å². The largest absolute Gasteiger partial charge is 0.352 e. The van der Waals surface area contributed by atoms with Gasteiger partial charge in [-0.2, -0.15) is 0 Å². The molecule has 0 aromatic heterocycles. The summed E-state index contributed by atoms with van der Waals surface area (Å²) in [5.74, 6) is -0.955. The van der Waals surface area contributed by atoms with Crippen LogP contribution in [0, 0.1) is 6.92 Å². The van der Waals surface area contributed by atoms with Crippen LogP contribution in [0.25, 0.3) is 0 Å². The number of hydrogen-bond donors (Lipinski definition) is 1. The Morgan fingerprint density at radius 2 is 1.49 bits per heavy atom. The molecule has 0 bridgehead atoms. The molecule has 47 heavy (non-hydrogen) atoms. The molecule has 0 aliphatic rings. The van der Waals surface area contributed by atoms with Gasteiger partial charge in [0.2, 0.25) is 11.8 Å². The summed E-state index contributed by atoms with van der Waals surface area (Å²) in [6.45, 7) is 5.06. The molecule has 248 valence electrons. The van der Waals surface area contributed by atoms with Crippen LogP contribution in [-0.4, -0.2) is 50.0 Å². The summed E-state index contributed by atoms with van der Waals surface area (Å²) in [6.07, 6.45) is 2.77. The van der Waals surface area contributed by atoms with Gasteiger partial charge >= 0.3 is 0 Å². The molecular weight excluding hydrogens is 673 g/mol. The minimum Gasteiger partial charge on any atom is -0.352 e. The molecule has 2 amide bonds. The Balaban J connectivity index is 1.84. The number of carbonyl (C=O) groups is 2. The van der Waals surface area contributed by atoms with E-state index < -0.39 is 28.5 Å². The minimum atomic E-state index is -4.21. The quantitative estimate of drug-likeness (QED) is 0.135. The predicted molar refractivity (Wildman–Crippen MR) is 193 cm³/mol. The molecule has 7 nitrogen and oxygen atoms in total. The normalized spacial score (nSPS) is 12.6. The number of rotatable bonds is 14. The Hall–Kier alpha value is -3.50. The van der Waals surface area contributed by atoms with E-state index in [4.69, 9.17) is 23.2 Å². The number of benzene rings is 4. The van der Waals surface area contributed by atoms with Crippen molar-refractivity contribution < 1.29 is 18.0 Å². The lowest BCUT2D eigenvalue weighted by Crippen LogP contribution is -2.54. The third-order valence-corrected chi connectivity index (χ3v) is 11.2. The van der Waals surface area contributed by atoms with Crippen molar-refractivity contribution in [1.29, 1.82) is 0 Å². The Labute approximate surface area is 292 Å². The number of thioether (sulfide) groups is 1. The average Bonchev–Trinajstić information content (AvgIpc) is 3.07. The van der Waals surface area contributed by atoms with E-state index in [0.717, 1.165) is 20.3 Å². The monoisotopic (exact) mass is 711 g/mol. The molecule has 0 heterocycles. The fraction of sp³-hybridized carbons (Fsp3) is 0.278. The van der Waals surface area contributed by atoms with Crippen LogP contribution in [0.2, 0.25) is 10.0 Å². The summed E-state index contributed by atoms with van der Waals surface area (Å²) in [7, 11) is -4.21. The number of halogens is 2. The maximum absolute atomic E-state index is 14.6. The third kappa shape index (κ3) is 9.32. The van der Waals surface area contributed by atoms with Gasteiger partial charge in [0.1, 0.15) is 12.6 Å². The van der Waals surface area contributed by atoms with Crippen LogP contribution >= 0.6 is 35.0 Å². The van der Waals surface area contributed by atoms with E-state index >= 15 is 0 Å². The SMILES string of the molecule is CC[C@@H](C)NC(=O)[C@H](Cc1ccccc1)N(Cc1c(Cl)cccc1Cl)C(=O)CN(c1ccc(C)cc1)S(=O)(=O)c1ccc(SC)cc1. The molecule has 0 aliphatic carbocycles. The number of sulfonamides is 1. The second kappa shape index (κ2) is 16.6. The summed E-state index contributed by atoms with van der Waals surface area (Å²) in [5, 5.41) is 3.68. The molecule has 1 N–H and O–H groups in total. The van der Waals surface area contributed by atoms with Crippen molar-refractivity contribution >= 4 is 62.5 Å². The number of amides is 2. The van der Waals surface area contributed by atoms with Crippen LogP contribution < -0.4 is 9.62 Å². The average molecular weight is 713 g/mol. The molecular formula is C36H39Cl2N3O4S2. The summed E-state index contributed by atoms with van der Waals surface area (Å²) in [5.41, 5.74) is 2.53. The van der Waals surface area contributed by atoms with Crippen LogP contribution in [0.15, 0.2) is 107 Å². The maximum Gasteiger partial charge on any atom is 0.264 e. The number of aryl methyl sites for hydroxylation is 1. The van der Waals surface area contributed by atoms with Crippen LogP contribution in [0.4, 0.5) is 5.69 Å². The van der Waals surface area contributed by atoms with E-state index in [1.54, 1.807) is 54.6 Å². The summed E-state index contributed by atoms with van der Waals surface area (Å²) < 4.78 is 29.6. The van der Waals surface area contributed by atoms with Crippen molar-refractivity contribution in [3.8, 4) is 0 Å². The molecule has 0 aliphatic heterocycles. The molecule has 0 unspecified atom stereocenters. The second-order valence-electron chi connectivity index (χ2n) is 11.3. The van der Waals surface area contributed by atoms with E-state index in [0.29, 0.717) is 27.7 Å². The van der Waals surface area contributed by atoms with Crippen molar-refractivity contribution in [1.82, 2.24) is 10.2 Å². The van der Waals surface area contributed by atoms with Gasteiger partial charge in [-0.05, 0) is 80.6 Å². The van der Waals surface area contributed by atoms with Gasteiger partial charge < -0.3 is 10.2 Å². The van der Waals surface area contributed by atoms with Crippen molar-refractivity contribution in [2.24, 2.45) is 0 Å². The first-order chi connectivity index (χ1) is 22.4. The van der Waals surface area contributed by atoms with Crippen molar-refractivity contribution in [3.63, 3.8) is 0 Å². The molecule has 0 saturated heterocycles. The van der Waals surface area contributed by atoms with Crippen LogP contribution in [0.1, 0.15) is 37.0 Å². The number of hydrogen-bond acceptors (Lipinski definition) is 5. The summed E-state index contributed by atoms with van der Waals surface area (Å²) in [6, 6.07) is 26.7. The second-order valence-corrected chi connectivity index (χ2v) is 14.8. The van der Waals surface area contributed by atoms with Crippen molar-refractivity contribution in [2.45, 2.75) is 62.0 Å². The van der Waals surface area contributed by atoms with E-state index in [1.807, 2.05) is 57.4 Å². The lowest BCUT2D eigenvalue weighted by atomic mass is 10.0. The van der Waals surface area contributed by atoms with Gasteiger partial charge in [0.25, 0.3) is 10.0 Å². The highest BCUT2D eigenvalue weighted by Gasteiger charge is 2.35. The molecule has 0 saturated carbocycles. The zero-order valence-electron chi connectivity index (χ0n) is 26.8. The Morgan fingerprint density at radius 1 is 0.872 bits per heavy atom. The molecule has 4 aromatic rings. The van der Waals surface area contributed by atoms with E-state index in [1.165, 1.54) is 28.8 Å². The lowest BCUT2D eigenvalue weighted by Gasteiger charge is -2.34. The molecule has 4 aromatic carbocycles. The highest BCUT2D eigenvalue weighted by Crippen LogP contribution is 2.30. The minimum absolute atomic E-state index is 0.0414. The van der Waals surface area contributed by atoms with Crippen LogP contribution in [0.5, 0.6) is 0 Å². The molecule has 0 fully saturated rings. The molecule has 11 heteroatoms. The predicted octanol–water partition coefficient (Wildman–Crippen LogP) is 7.77. The zero-order valence-corrected chi connectivity index (χ0v) is 30.0. The first-order valence-corrected chi connectivity index (χ1v) is 18.7. The fourth-order valence-corrected chi connectivity index (χ4v) is 7.30. The number of anilines is 1. The van der Waals surface area contributed by atoms with Crippen LogP contribution in [0.3, 0.4) is 0 Å². The van der Waals surface area contributed by atoms with Crippen LogP contribution in [-0.2, 0) is 32.6 Å². The van der Waals surface area contributed by atoms with E-state index in [-0.39, 0.29) is 29.8 Å². The molecule has 2 atom stereocenters. The lowest BCUT2D eigenvalue weighted by molar-refractivity contribution is -0.140. The smallest absolute Gasteiger partial charge is 0.264 e. The first-order valence-electron chi connectivity index (χ1n) is 15.2.